The van der Waals surface area contributed by atoms with Gasteiger partial charge in [-0.25, -0.2) is 0 Å². The summed E-state index contributed by atoms with van der Waals surface area (Å²) in [7, 11) is 0. The molecule has 3 heterocycles. The van der Waals surface area contributed by atoms with Gasteiger partial charge in [-0.2, -0.15) is 0 Å². The van der Waals surface area contributed by atoms with Gasteiger partial charge in [-0.3, -0.25) is 9.36 Å². The van der Waals surface area contributed by atoms with E-state index in [0.717, 1.165) is 22.2 Å². The number of hydrogen-bond acceptors (Lipinski definition) is 5. The summed E-state index contributed by atoms with van der Waals surface area (Å²) in [6.07, 6.45) is 1.61. The molecule has 27 heavy (non-hydrogen) atoms. The number of aromatic nitrogens is 4. The van der Waals surface area contributed by atoms with Crippen LogP contribution in [0.1, 0.15) is 29.9 Å². The van der Waals surface area contributed by atoms with Gasteiger partial charge in [-0.05, 0) is 39.0 Å². The van der Waals surface area contributed by atoms with Gasteiger partial charge in [0.15, 0.2) is 22.5 Å². The first-order valence-corrected chi connectivity index (χ1v) is 9.73. The number of Topliss-reactive ketones (excluding diaryl/α,β-unsaturated/α-hetero) is 1. The zero-order chi connectivity index (χ0) is 19.0. The van der Waals surface area contributed by atoms with E-state index in [9.17, 15) is 4.79 Å². The van der Waals surface area contributed by atoms with Gasteiger partial charge >= 0.3 is 0 Å². The fraction of sp³-hybridized carbons (Fsp3) is 0.250. The quantitative estimate of drug-likeness (QED) is 0.387. The van der Waals surface area contributed by atoms with Crippen molar-refractivity contribution in [2.75, 3.05) is 0 Å². The second kappa shape index (κ2) is 7.08. The van der Waals surface area contributed by atoms with E-state index in [2.05, 4.69) is 15.2 Å². The highest BCUT2D eigenvalue weighted by molar-refractivity contribution is 8.00. The Kier molecular flexibility index (Phi) is 4.61. The number of furan rings is 1. The lowest BCUT2D eigenvalue weighted by molar-refractivity contribution is 0.0995. The third kappa shape index (κ3) is 3.08. The minimum atomic E-state index is -0.290. The number of ketones is 1. The molecular weight excluding hydrogens is 360 g/mol. The van der Waals surface area contributed by atoms with Crippen molar-refractivity contribution >= 4 is 28.4 Å². The number of aryl methyl sites for hydroxylation is 1. The zero-order valence-corrected chi connectivity index (χ0v) is 16.2. The van der Waals surface area contributed by atoms with Crippen LogP contribution in [-0.4, -0.2) is 30.8 Å². The largest absolute Gasteiger partial charge is 0.461 e. The highest BCUT2D eigenvalue weighted by atomic mass is 32.2. The van der Waals surface area contributed by atoms with E-state index in [1.807, 2.05) is 61.7 Å². The lowest BCUT2D eigenvalue weighted by Gasteiger charge is -2.11. The van der Waals surface area contributed by atoms with E-state index in [0.29, 0.717) is 23.3 Å². The molecule has 1 atom stereocenters. The van der Waals surface area contributed by atoms with E-state index in [-0.39, 0.29) is 11.0 Å². The molecule has 0 fully saturated rings. The van der Waals surface area contributed by atoms with Crippen molar-refractivity contribution in [3.8, 4) is 11.6 Å². The summed E-state index contributed by atoms with van der Waals surface area (Å²) in [6.45, 7) is 6.57. The van der Waals surface area contributed by atoms with Gasteiger partial charge < -0.3 is 9.40 Å². The third-order valence-electron chi connectivity index (χ3n) is 4.57. The molecule has 7 heteroatoms. The van der Waals surface area contributed by atoms with Gasteiger partial charge in [0.2, 0.25) is 0 Å². The third-order valence-corrected chi connectivity index (χ3v) is 5.65. The molecule has 6 nitrogen and oxygen atoms in total. The van der Waals surface area contributed by atoms with E-state index >= 15 is 0 Å². The van der Waals surface area contributed by atoms with Crippen LogP contribution in [0.4, 0.5) is 0 Å². The van der Waals surface area contributed by atoms with Gasteiger partial charge in [0.05, 0.1) is 11.5 Å². The first-order valence-electron chi connectivity index (χ1n) is 8.85. The Hall–Kier alpha value is -2.80. The van der Waals surface area contributed by atoms with Crippen molar-refractivity contribution in [2.24, 2.45) is 0 Å². The lowest BCUT2D eigenvalue weighted by Crippen LogP contribution is -2.15. The lowest BCUT2D eigenvalue weighted by atomic mass is 10.1. The number of thioether (sulfide) groups is 1. The monoisotopic (exact) mass is 380 g/mol. The summed E-state index contributed by atoms with van der Waals surface area (Å²) < 4.78 is 7.41. The van der Waals surface area contributed by atoms with Crippen LogP contribution in [0.25, 0.3) is 22.5 Å². The molecule has 0 spiro atoms. The standard InChI is InChI=1S/C20H20N4O2S/c1-4-24-19(16-10-7-11-26-16)22-23-20(24)27-13(3)18(25)17-12(2)21-15-9-6-5-8-14(15)17/h5-11,13,21H,4H2,1-3H3. The minimum absolute atomic E-state index is 0.0835. The predicted octanol–water partition coefficient (Wildman–Crippen LogP) is 4.71. The summed E-state index contributed by atoms with van der Waals surface area (Å²) in [5, 5.41) is 9.92. The number of para-hydroxylation sites is 1. The number of aromatic amines is 1. The van der Waals surface area contributed by atoms with Crippen molar-refractivity contribution in [3.05, 3.63) is 53.9 Å². The molecular formula is C20H20N4O2S. The van der Waals surface area contributed by atoms with Crippen molar-refractivity contribution in [3.63, 3.8) is 0 Å². The molecule has 1 N–H and O–H groups in total. The molecule has 3 aromatic heterocycles. The Morgan fingerprint density at radius 1 is 1.26 bits per heavy atom. The number of hydrogen-bond donors (Lipinski definition) is 1. The van der Waals surface area contributed by atoms with Crippen LogP contribution in [0.15, 0.2) is 52.2 Å². The number of nitrogens with zero attached hydrogens (tertiary/aromatic N) is 3. The molecule has 0 aliphatic rings. The molecule has 1 aromatic carbocycles. The summed E-state index contributed by atoms with van der Waals surface area (Å²) >= 11 is 1.42. The van der Waals surface area contributed by atoms with Crippen molar-refractivity contribution < 1.29 is 9.21 Å². The molecule has 0 radical (unpaired) electrons. The smallest absolute Gasteiger partial charge is 0.200 e. The fourth-order valence-corrected chi connectivity index (χ4v) is 4.23. The molecule has 4 aromatic rings. The second-order valence-electron chi connectivity index (χ2n) is 6.32. The first kappa shape index (κ1) is 17.6. The SMILES string of the molecule is CCn1c(SC(C)C(=O)c2c(C)[nH]c3ccccc23)nnc1-c1ccco1. The Morgan fingerprint density at radius 2 is 2.07 bits per heavy atom. The molecule has 138 valence electrons. The normalized spacial score (nSPS) is 12.6. The summed E-state index contributed by atoms with van der Waals surface area (Å²) in [4.78, 5) is 16.5. The summed E-state index contributed by atoms with van der Waals surface area (Å²) in [5.41, 5.74) is 2.62. The first-order chi connectivity index (χ1) is 13.1. The molecule has 0 amide bonds. The number of carbonyl (C=O) groups excluding carboxylic acids is 1. The topological polar surface area (TPSA) is 76.7 Å². The summed E-state index contributed by atoms with van der Waals surface area (Å²) in [6, 6.07) is 11.6. The van der Waals surface area contributed by atoms with Crippen LogP contribution in [0, 0.1) is 6.92 Å². The zero-order valence-electron chi connectivity index (χ0n) is 15.4. The van der Waals surface area contributed by atoms with Crippen LogP contribution in [0.5, 0.6) is 0 Å². The van der Waals surface area contributed by atoms with Crippen molar-refractivity contribution in [1.29, 1.82) is 0 Å². The Morgan fingerprint density at radius 3 is 2.81 bits per heavy atom. The van der Waals surface area contributed by atoms with E-state index in [4.69, 9.17) is 4.42 Å². The Balaban J connectivity index is 1.63. The molecule has 0 aliphatic heterocycles. The number of H-pyrrole nitrogens is 1. The Bertz CT molecular complexity index is 1090. The molecule has 0 saturated heterocycles. The molecule has 0 aliphatic carbocycles. The van der Waals surface area contributed by atoms with Gasteiger partial charge in [0.1, 0.15) is 0 Å². The van der Waals surface area contributed by atoms with Crippen LogP contribution in [0.3, 0.4) is 0 Å². The second-order valence-corrected chi connectivity index (χ2v) is 7.63. The van der Waals surface area contributed by atoms with Gasteiger partial charge in [-0.1, -0.05) is 30.0 Å². The maximum Gasteiger partial charge on any atom is 0.200 e. The van der Waals surface area contributed by atoms with Crippen LogP contribution in [-0.2, 0) is 6.54 Å². The van der Waals surface area contributed by atoms with Crippen LogP contribution >= 0.6 is 11.8 Å². The highest BCUT2D eigenvalue weighted by Gasteiger charge is 2.25. The average molecular weight is 380 g/mol. The summed E-state index contributed by atoms with van der Waals surface area (Å²) in [5.74, 6) is 1.43. The average Bonchev–Trinajstić information content (AvgIpc) is 3.38. The van der Waals surface area contributed by atoms with E-state index < -0.39 is 0 Å². The van der Waals surface area contributed by atoms with Gasteiger partial charge in [0.25, 0.3) is 0 Å². The maximum absolute atomic E-state index is 13.2. The maximum atomic E-state index is 13.2. The number of rotatable bonds is 6. The fourth-order valence-electron chi connectivity index (χ4n) is 3.26. The van der Waals surface area contributed by atoms with Crippen molar-refractivity contribution in [1.82, 2.24) is 19.7 Å². The van der Waals surface area contributed by atoms with E-state index in [1.165, 1.54) is 11.8 Å². The van der Waals surface area contributed by atoms with Crippen LogP contribution < -0.4 is 0 Å². The van der Waals surface area contributed by atoms with Gasteiger partial charge in [-0.15, -0.1) is 10.2 Å². The molecule has 4 rings (SSSR count). The number of fused-ring (bicyclic) bond motifs is 1. The number of benzene rings is 1. The molecule has 0 saturated carbocycles. The predicted molar refractivity (Wildman–Crippen MR) is 106 cm³/mol. The number of carbonyl (C=O) groups is 1. The Labute approximate surface area is 161 Å². The van der Waals surface area contributed by atoms with Gasteiger partial charge in [0, 0.05) is 28.7 Å². The molecule has 0 bridgehead atoms. The number of nitrogens with one attached hydrogen (secondary N) is 1. The van der Waals surface area contributed by atoms with Crippen molar-refractivity contribution in [2.45, 2.75) is 37.7 Å². The van der Waals surface area contributed by atoms with E-state index in [1.54, 1.807) is 6.26 Å². The minimum Gasteiger partial charge on any atom is -0.461 e. The molecule has 1 unspecified atom stereocenters. The van der Waals surface area contributed by atoms with Crippen LogP contribution in [0.2, 0.25) is 0 Å². The highest BCUT2D eigenvalue weighted by Crippen LogP contribution is 2.31.